The summed E-state index contributed by atoms with van der Waals surface area (Å²) >= 11 is 1.74. The molecule has 1 aromatic carbocycles. The van der Waals surface area contributed by atoms with Crippen molar-refractivity contribution in [3.63, 3.8) is 0 Å². The summed E-state index contributed by atoms with van der Waals surface area (Å²) in [5, 5.41) is 0. The standard InChI is InChI=1S/C22H25NO2S/c1-26-18-7-5-16(6-8-18)19(9-2-15-12-13-25-14-15)21-11-10-20(17-3-4-17)22(24)23-21/h5-11,15,17H,2-4,12-14H2,1H3,(H,23,24). The summed E-state index contributed by atoms with van der Waals surface area (Å²) in [5.41, 5.74) is 4.19. The van der Waals surface area contributed by atoms with Crippen molar-refractivity contribution in [1.82, 2.24) is 4.98 Å². The maximum absolute atomic E-state index is 12.5. The van der Waals surface area contributed by atoms with Gasteiger partial charge in [-0.3, -0.25) is 4.79 Å². The molecule has 1 saturated heterocycles. The lowest BCUT2D eigenvalue weighted by Gasteiger charge is -2.12. The number of ether oxygens (including phenoxy) is 1. The van der Waals surface area contributed by atoms with Crippen LogP contribution in [0.25, 0.3) is 5.57 Å². The van der Waals surface area contributed by atoms with Crippen molar-refractivity contribution in [2.45, 2.75) is 36.5 Å². The minimum absolute atomic E-state index is 0.0702. The molecule has 1 aromatic heterocycles. The monoisotopic (exact) mass is 367 g/mol. The highest BCUT2D eigenvalue weighted by Crippen LogP contribution is 2.38. The Morgan fingerprint density at radius 3 is 2.62 bits per heavy atom. The Morgan fingerprint density at radius 1 is 1.19 bits per heavy atom. The molecule has 2 fully saturated rings. The van der Waals surface area contributed by atoms with Crippen molar-refractivity contribution in [2.24, 2.45) is 5.92 Å². The van der Waals surface area contributed by atoms with Crippen molar-refractivity contribution in [2.75, 3.05) is 19.5 Å². The third-order valence-electron chi connectivity index (χ3n) is 5.33. The Morgan fingerprint density at radius 2 is 2.00 bits per heavy atom. The lowest BCUT2D eigenvalue weighted by atomic mass is 9.96. The quantitative estimate of drug-likeness (QED) is 0.744. The van der Waals surface area contributed by atoms with E-state index in [-0.39, 0.29) is 5.56 Å². The lowest BCUT2D eigenvalue weighted by molar-refractivity contribution is 0.186. The van der Waals surface area contributed by atoms with Crippen molar-refractivity contribution in [1.29, 1.82) is 0 Å². The van der Waals surface area contributed by atoms with E-state index in [1.54, 1.807) is 11.8 Å². The van der Waals surface area contributed by atoms with E-state index >= 15 is 0 Å². The first kappa shape index (κ1) is 17.6. The van der Waals surface area contributed by atoms with Crippen LogP contribution in [0.15, 0.2) is 52.2 Å². The Labute approximate surface area is 158 Å². The molecule has 1 aliphatic carbocycles. The van der Waals surface area contributed by atoms with Crippen molar-refractivity contribution < 1.29 is 4.74 Å². The number of hydrogen-bond donors (Lipinski definition) is 1. The van der Waals surface area contributed by atoms with Gasteiger partial charge < -0.3 is 9.72 Å². The third-order valence-corrected chi connectivity index (χ3v) is 6.07. The molecule has 1 saturated carbocycles. The van der Waals surface area contributed by atoms with Crippen LogP contribution in [0.4, 0.5) is 0 Å². The topological polar surface area (TPSA) is 42.1 Å². The number of aromatic amines is 1. The maximum atomic E-state index is 12.5. The van der Waals surface area contributed by atoms with Crippen LogP contribution in [0.5, 0.6) is 0 Å². The summed E-state index contributed by atoms with van der Waals surface area (Å²) in [6.45, 7) is 1.70. The minimum atomic E-state index is 0.0702. The van der Waals surface area contributed by atoms with Crippen molar-refractivity contribution in [3.8, 4) is 0 Å². The average Bonchev–Trinajstić information content (AvgIpc) is 3.37. The summed E-state index contributed by atoms with van der Waals surface area (Å²) < 4.78 is 5.51. The van der Waals surface area contributed by atoms with E-state index in [1.807, 2.05) is 6.07 Å². The van der Waals surface area contributed by atoms with Gasteiger partial charge in [0.15, 0.2) is 0 Å². The smallest absolute Gasteiger partial charge is 0.251 e. The molecule has 1 aliphatic heterocycles. The van der Waals surface area contributed by atoms with E-state index in [0.717, 1.165) is 61.3 Å². The zero-order valence-electron chi connectivity index (χ0n) is 15.2. The predicted molar refractivity (Wildman–Crippen MR) is 108 cm³/mol. The van der Waals surface area contributed by atoms with Crippen LogP contribution >= 0.6 is 11.8 Å². The molecule has 1 unspecified atom stereocenters. The van der Waals surface area contributed by atoms with Gasteiger partial charge in [-0.2, -0.15) is 0 Å². The highest BCUT2D eigenvalue weighted by molar-refractivity contribution is 7.98. The average molecular weight is 368 g/mol. The van der Waals surface area contributed by atoms with E-state index in [0.29, 0.717) is 11.8 Å². The number of allylic oxidation sites excluding steroid dienone is 1. The molecule has 26 heavy (non-hydrogen) atoms. The zero-order valence-corrected chi connectivity index (χ0v) is 16.0. The molecule has 4 heteroatoms. The molecule has 0 amide bonds. The van der Waals surface area contributed by atoms with E-state index in [4.69, 9.17) is 4.74 Å². The predicted octanol–water partition coefficient (Wildman–Crippen LogP) is 4.83. The highest BCUT2D eigenvalue weighted by Gasteiger charge is 2.26. The number of nitrogens with one attached hydrogen (secondary N) is 1. The van der Waals surface area contributed by atoms with Gasteiger partial charge in [0.1, 0.15) is 0 Å². The molecule has 136 valence electrons. The van der Waals surface area contributed by atoms with Gasteiger partial charge in [0, 0.05) is 34.9 Å². The molecule has 2 heterocycles. The van der Waals surface area contributed by atoms with Gasteiger partial charge in [0.2, 0.25) is 0 Å². The van der Waals surface area contributed by atoms with Gasteiger partial charge in [-0.05, 0) is 67.5 Å². The SMILES string of the molecule is CSc1ccc(C(=CCC2CCOC2)c2ccc(C3CC3)c(=O)[nH]2)cc1. The fraction of sp³-hybridized carbons (Fsp3) is 0.409. The first-order valence-electron chi connectivity index (χ1n) is 9.40. The number of hydrogen-bond acceptors (Lipinski definition) is 3. The van der Waals surface area contributed by atoms with Gasteiger partial charge in [0.25, 0.3) is 5.56 Å². The second kappa shape index (κ2) is 7.85. The fourth-order valence-electron chi connectivity index (χ4n) is 3.57. The molecule has 1 N–H and O–H groups in total. The second-order valence-corrected chi connectivity index (χ2v) is 8.12. The first-order chi connectivity index (χ1) is 12.7. The fourth-order valence-corrected chi connectivity index (χ4v) is 3.97. The van der Waals surface area contributed by atoms with Gasteiger partial charge >= 0.3 is 0 Å². The van der Waals surface area contributed by atoms with Crippen molar-refractivity contribution >= 4 is 17.3 Å². The Kier molecular flexibility index (Phi) is 5.32. The van der Waals surface area contributed by atoms with E-state index in [1.165, 1.54) is 4.90 Å². The first-order valence-corrected chi connectivity index (χ1v) is 10.6. The van der Waals surface area contributed by atoms with Crippen LogP contribution in [0.1, 0.15) is 48.4 Å². The molecule has 4 rings (SSSR count). The van der Waals surface area contributed by atoms with Crippen LogP contribution in [0, 0.1) is 5.92 Å². The molecule has 0 radical (unpaired) electrons. The van der Waals surface area contributed by atoms with E-state index in [9.17, 15) is 4.79 Å². The number of pyridine rings is 1. The number of rotatable bonds is 6. The molecular formula is C22H25NO2S. The van der Waals surface area contributed by atoms with Gasteiger partial charge in [-0.1, -0.05) is 24.3 Å². The summed E-state index contributed by atoms with van der Waals surface area (Å²) in [4.78, 5) is 16.9. The molecule has 3 nitrogen and oxygen atoms in total. The molecule has 2 aromatic rings. The summed E-state index contributed by atoms with van der Waals surface area (Å²) in [6.07, 6.45) is 8.74. The molecule has 2 aliphatic rings. The minimum Gasteiger partial charge on any atom is -0.381 e. The highest BCUT2D eigenvalue weighted by atomic mass is 32.2. The largest absolute Gasteiger partial charge is 0.381 e. The maximum Gasteiger partial charge on any atom is 0.251 e. The van der Waals surface area contributed by atoms with Gasteiger partial charge in [-0.15, -0.1) is 11.8 Å². The van der Waals surface area contributed by atoms with Gasteiger partial charge in [0.05, 0.1) is 0 Å². The zero-order chi connectivity index (χ0) is 17.9. The number of benzene rings is 1. The lowest BCUT2D eigenvalue weighted by Crippen LogP contribution is -2.13. The summed E-state index contributed by atoms with van der Waals surface area (Å²) in [7, 11) is 0. The number of H-pyrrole nitrogens is 1. The summed E-state index contributed by atoms with van der Waals surface area (Å²) in [5.74, 6) is 1.05. The third kappa shape index (κ3) is 3.97. The molecule has 1 atom stereocenters. The van der Waals surface area contributed by atoms with Crippen molar-refractivity contribution in [3.05, 3.63) is 69.6 Å². The summed E-state index contributed by atoms with van der Waals surface area (Å²) in [6, 6.07) is 12.7. The molecule has 0 spiro atoms. The molecular weight excluding hydrogens is 342 g/mol. The Hall–Kier alpha value is -1.78. The Balaban J connectivity index is 1.67. The van der Waals surface area contributed by atoms with Crippen LogP contribution in [-0.4, -0.2) is 24.5 Å². The number of thioether (sulfide) groups is 1. The number of aromatic nitrogens is 1. The van der Waals surface area contributed by atoms with Crippen LogP contribution in [-0.2, 0) is 4.74 Å². The van der Waals surface area contributed by atoms with Crippen LogP contribution < -0.4 is 5.56 Å². The van der Waals surface area contributed by atoms with Crippen LogP contribution in [0.2, 0.25) is 0 Å². The second-order valence-electron chi connectivity index (χ2n) is 7.24. The van der Waals surface area contributed by atoms with Crippen LogP contribution in [0.3, 0.4) is 0 Å². The van der Waals surface area contributed by atoms with E-state index < -0.39 is 0 Å². The molecule has 0 bridgehead atoms. The normalized spacial score (nSPS) is 20.5. The Bertz CT molecular complexity index is 843. The van der Waals surface area contributed by atoms with E-state index in [2.05, 4.69) is 47.6 Å². The van der Waals surface area contributed by atoms with Gasteiger partial charge in [-0.25, -0.2) is 0 Å².